The molecule has 0 saturated carbocycles. The summed E-state index contributed by atoms with van der Waals surface area (Å²) in [6.07, 6.45) is 0. The summed E-state index contributed by atoms with van der Waals surface area (Å²) in [5, 5.41) is 10.2. The zero-order valence-corrected chi connectivity index (χ0v) is 14.2. The fraction of sp³-hybridized carbons (Fsp3) is 0.176. The lowest BCUT2D eigenvalue weighted by atomic mass is 10.0. The van der Waals surface area contributed by atoms with Crippen molar-refractivity contribution < 1.29 is 9.84 Å². The highest BCUT2D eigenvalue weighted by atomic mass is 35.5. The molecule has 0 saturated heterocycles. The predicted molar refractivity (Wildman–Crippen MR) is 95.6 cm³/mol. The average molecular weight is 349 g/mol. The molecule has 0 amide bonds. The largest absolute Gasteiger partial charge is 0.507 e. The van der Waals surface area contributed by atoms with Crippen LogP contribution in [0.4, 0.5) is 0 Å². The second kappa shape index (κ2) is 6.41. The van der Waals surface area contributed by atoms with Crippen LogP contribution in [-0.2, 0) is 0 Å². The first-order chi connectivity index (χ1) is 10.9. The molecule has 0 bridgehead atoms. The van der Waals surface area contributed by atoms with Crippen molar-refractivity contribution in [2.45, 2.75) is 13.8 Å². The molecule has 0 aliphatic carbocycles. The molecule has 2 aromatic heterocycles. The van der Waals surface area contributed by atoms with E-state index in [1.807, 2.05) is 0 Å². The van der Waals surface area contributed by atoms with E-state index in [9.17, 15) is 14.7 Å². The second-order valence-electron chi connectivity index (χ2n) is 5.46. The van der Waals surface area contributed by atoms with E-state index in [0.29, 0.717) is 27.7 Å². The Bertz CT molecular complexity index is 1010. The highest BCUT2D eigenvalue weighted by molar-refractivity contribution is 5.87. The van der Waals surface area contributed by atoms with Gasteiger partial charge in [-0.05, 0) is 48.7 Å². The third kappa shape index (κ3) is 2.88. The molecule has 0 radical (unpaired) electrons. The summed E-state index contributed by atoms with van der Waals surface area (Å²) in [5.41, 5.74) is 2.42. The highest BCUT2D eigenvalue weighted by Gasteiger charge is 2.12. The first kappa shape index (κ1) is 17.6. The molecule has 126 valence electrons. The van der Waals surface area contributed by atoms with Gasteiger partial charge in [-0.25, -0.2) is 0 Å². The molecule has 0 spiro atoms. The SMILES string of the molecule is COc1cc(=O)[nH]c2cc(-c3cc(C)c(O)c(C)c3)[nH]c(=O)c12.Cl. The number of aryl methyl sites for hydroxylation is 2. The van der Waals surface area contributed by atoms with Gasteiger partial charge in [0.25, 0.3) is 11.1 Å². The summed E-state index contributed by atoms with van der Waals surface area (Å²) >= 11 is 0. The minimum Gasteiger partial charge on any atom is -0.507 e. The number of pyridine rings is 2. The monoisotopic (exact) mass is 348 g/mol. The standard InChI is InChI=1S/C17H16N2O4.ClH/c1-8-4-10(5-9(2)16(8)21)11-6-12-15(17(22)19-11)13(23-3)7-14(20)18-12;/h4-7,21H,1-3H3,(H,18,20)(H,19,22);1H. The summed E-state index contributed by atoms with van der Waals surface area (Å²) in [6.45, 7) is 3.58. The third-order valence-corrected chi connectivity index (χ3v) is 3.82. The lowest BCUT2D eigenvalue weighted by molar-refractivity contribution is 0.418. The third-order valence-electron chi connectivity index (χ3n) is 3.82. The van der Waals surface area contributed by atoms with Crippen LogP contribution in [0.2, 0.25) is 0 Å². The minimum absolute atomic E-state index is 0. The Hall–Kier alpha value is -2.73. The molecule has 24 heavy (non-hydrogen) atoms. The molecule has 6 nitrogen and oxygen atoms in total. The van der Waals surface area contributed by atoms with E-state index in [2.05, 4.69) is 9.97 Å². The molecule has 0 atom stereocenters. The maximum atomic E-state index is 12.4. The van der Waals surface area contributed by atoms with Crippen LogP contribution in [0.25, 0.3) is 22.2 Å². The Morgan fingerprint density at radius 2 is 1.62 bits per heavy atom. The number of phenols is 1. The Balaban J connectivity index is 0.00000208. The number of ether oxygens (including phenoxy) is 1. The number of hydrogen-bond donors (Lipinski definition) is 3. The lowest BCUT2D eigenvalue weighted by Gasteiger charge is -2.10. The van der Waals surface area contributed by atoms with Crippen molar-refractivity contribution in [1.29, 1.82) is 0 Å². The first-order valence-corrected chi connectivity index (χ1v) is 7.05. The predicted octanol–water partition coefficient (Wildman–Crippen LogP) is 2.64. The van der Waals surface area contributed by atoms with Crippen molar-refractivity contribution in [2.24, 2.45) is 0 Å². The van der Waals surface area contributed by atoms with Gasteiger partial charge in [-0.3, -0.25) is 9.59 Å². The number of fused-ring (bicyclic) bond motifs is 1. The maximum absolute atomic E-state index is 12.4. The molecule has 3 rings (SSSR count). The van der Waals surface area contributed by atoms with Crippen molar-refractivity contribution in [1.82, 2.24) is 9.97 Å². The van der Waals surface area contributed by atoms with Crippen LogP contribution in [0, 0.1) is 13.8 Å². The number of aromatic amines is 2. The number of methoxy groups -OCH3 is 1. The van der Waals surface area contributed by atoms with Crippen LogP contribution in [-0.4, -0.2) is 22.2 Å². The number of rotatable bonds is 2. The Labute approximate surface area is 143 Å². The van der Waals surface area contributed by atoms with Gasteiger partial charge in [0.05, 0.1) is 18.3 Å². The molecule has 7 heteroatoms. The van der Waals surface area contributed by atoms with Crippen molar-refractivity contribution >= 4 is 23.3 Å². The van der Waals surface area contributed by atoms with Gasteiger partial charge in [0, 0.05) is 6.07 Å². The maximum Gasteiger partial charge on any atom is 0.261 e. The van der Waals surface area contributed by atoms with Crippen molar-refractivity contribution in [3.63, 3.8) is 0 Å². The van der Waals surface area contributed by atoms with Crippen LogP contribution in [0.1, 0.15) is 11.1 Å². The number of halogens is 1. The topological polar surface area (TPSA) is 95.2 Å². The molecule has 2 heterocycles. The highest BCUT2D eigenvalue weighted by Crippen LogP contribution is 2.29. The molecule has 1 aromatic carbocycles. The zero-order chi connectivity index (χ0) is 16.7. The van der Waals surface area contributed by atoms with Crippen molar-refractivity contribution in [3.05, 3.63) is 56.1 Å². The number of nitrogens with one attached hydrogen (secondary N) is 2. The van der Waals surface area contributed by atoms with Crippen molar-refractivity contribution in [2.75, 3.05) is 7.11 Å². The summed E-state index contributed by atoms with van der Waals surface area (Å²) in [6, 6.07) is 6.48. The van der Waals surface area contributed by atoms with E-state index < -0.39 is 0 Å². The summed E-state index contributed by atoms with van der Waals surface area (Å²) in [5.74, 6) is 0.460. The van der Waals surface area contributed by atoms with E-state index in [0.717, 1.165) is 5.56 Å². The average Bonchev–Trinajstić information content (AvgIpc) is 2.50. The van der Waals surface area contributed by atoms with Gasteiger partial charge in [0.1, 0.15) is 16.9 Å². The van der Waals surface area contributed by atoms with E-state index in [-0.39, 0.29) is 35.0 Å². The minimum atomic E-state index is -0.353. The summed E-state index contributed by atoms with van der Waals surface area (Å²) < 4.78 is 5.12. The van der Waals surface area contributed by atoms with Gasteiger partial charge in [-0.1, -0.05) is 0 Å². The van der Waals surface area contributed by atoms with Crippen LogP contribution in [0.3, 0.4) is 0 Å². The molecule has 3 N–H and O–H groups in total. The Kier molecular flexibility index (Phi) is 4.71. The van der Waals surface area contributed by atoms with Crippen LogP contribution in [0.5, 0.6) is 11.5 Å². The second-order valence-corrected chi connectivity index (χ2v) is 5.46. The van der Waals surface area contributed by atoms with Gasteiger partial charge in [-0.2, -0.15) is 0 Å². The molecule has 3 aromatic rings. The summed E-state index contributed by atoms with van der Waals surface area (Å²) in [7, 11) is 1.41. The molecule has 0 aliphatic rings. The van der Waals surface area contributed by atoms with Gasteiger partial charge < -0.3 is 19.8 Å². The molecule has 0 aliphatic heterocycles. The quantitative estimate of drug-likeness (QED) is 0.663. The molecule has 0 unspecified atom stereocenters. The van der Waals surface area contributed by atoms with Crippen molar-refractivity contribution in [3.8, 4) is 22.8 Å². The van der Waals surface area contributed by atoms with Crippen LogP contribution in [0.15, 0.2) is 33.9 Å². The number of aromatic hydroxyl groups is 1. The van der Waals surface area contributed by atoms with Crippen LogP contribution < -0.4 is 15.9 Å². The number of hydrogen-bond acceptors (Lipinski definition) is 4. The number of benzene rings is 1. The first-order valence-electron chi connectivity index (χ1n) is 7.05. The van der Waals surface area contributed by atoms with Gasteiger partial charge in [-0.15, -0.1) is 12.4 Å². The molecular formula is C17H17ClN2O4. The van der Waals surface area contributed by atoms with E-state index in [1.165, 1.54) is 13.2 Å². The zero-order valence-electron chi connectivity index (χ0n) is 13.4. The van der Waals surface area contributed by atoms with E-state index in [4.69, 9.17) is 4.74 Å². The lowest BCUT2D eigenvalue weighted by Crippen LogP contribution is -2.14. The van der Waals surface area contributed by atoms with Gasteiger partial charge in [0.15, 0.2) is 0 Å². The fourth-order valence-corrected chi connectivity index (χ4v) is 2.69. The summed E-state index contributed by atoms with van der Waals surface area (Å²) in [4.78, 5) is 29.5. The number of aromatic nitrogens is 2. The van der Waals surface area contributed by atoms with E-state index >= 15 is 0 Å². The molecule has 0 fully saturated rings. The Morgan fingerprint density at radius 1 is 1.00 bits per heavy atom. The van der Waals surface area contributed by atoms with Gasteiger partial charge in [0.2, 0.25) is 0 Å². The number of H-pyrrole nitrogens is 2. The number of phenolic OH excluding ortho intramolecular Hbond substituents is 1. The van der Waals surface area contributed by atoms with Gasteiger partial charge >= 0.3 is 0 Å². The Morgan fingerprint density at radius 3 is 2.21 bits per heavy atom. The smallest absolute Gasteiger partial charge is 0.261 e. The normalized spacial score (nSPS) is 10.5. The fourth-order valence-electron chi connectivity index (χ4n) is 2.69. The molecular weight excluding hydrogens is 332 g/mol. The van der Waals surface area contributed by atoms with E-state index in [1.54, 1.807) is 32.0 Å². The van der Waals surface area contributed by atoms with Crippen LogP contribution >= 0.6 is 12.4 Å².